The quantitative estimate of drug-likeness (QED) is 0.530. The second kappa shape index (κ2) is 6.04. The van der Waals surface area contributed by atoms with Crippen LogP contribution >= 0.6 is 0 Å². The Labute approximate surface area is 154 Å². The summed E-state index contributed by atoms with van der Waals surface area (Å²) in [4.78, 5) is 29.1. The second-order valence-electron chi connectivity index (χ2n) is 6.66. The van der Waals surface area contributed by atoms with Crippen LogP contribution < -0.4 is 11.2 Å². The lowest BCUT2D eigenvalue weighted by atomic mass is 10.1. The zero-order valence-corrected chi connectivity index (χ0v) is 15.5. The van der Waals surface area contributed by atoms with Crippen LogP contribution in [0.25, 0.3) is 22.7 Å². The molecule has 0 aliphatic rings. The van der Waals surface area contributed by atoms with E-state index in [0.717, 1.165) is 10.1 Å². The summed E-state index contributed by atoms with van der Waals surface area (Å²) in [5.74, 6) is 0.485. The topological polar surface area (TPSA) is 92.5 Å². The van der Waals surface area contributed by atoms with Gasteiger partial charge < -0.3 is 4.57 Å². The van der Waals surface area contributed by atoms with E-state index in [1.807, 2.05) is 25.1 Å². The first-order valence-corrected chi connectivity index (χ1v) is 8.45. The predicted molar refractivity (Wildman–Crippen MR) is 100 cm³/mol. The normalized spacial score (nSPS) is 11.4. The number of benzene rings is 1. The first-order valence-electron chi connectivity index (χ1n) is 8.45. The van der Waals surface area contributed by atoms with Gasteiger partial charge in [0, 0.05) is 21.1 Å². The van der Waals surface area contributed by atoms with Crippen LogP contribution in [0.5, 0.6) is 0 Å². The molecule has 0 saturated heterocycles. The van der Waals surface area contributed by atoms with Gasteiger partial charge in [-0.2, -0.15) is 0 Å². The molecule has 0 radical (unpaired) electrons. The van der Waals surface area contributed by atoms with Gasteiger partial charge >= 0.3 is 5.69 Å². The fourth-order valence-electron chi connectivity index (χ4n) is 3.22. The largest absolute Gasteiger partial charge is 0.332 e. The molecule has 27 heavy (non-hydrogen) atoms. The van der Waals surface area contributed by atoms with Gasteiger partial charge in [0.1, 0.15) is 5.69 Å². The minimum absolute atomic E-state index is 0.328. The van der Waals surface area contributed by atoms with Gasteiger partial charge in [0.2, 0.25) is 0 Å². The summed E-state index contributed by atoms with van der Waals surface area (Å²) in [5, 5.41) is 8.37. The molecule has 0 aliphatic carbocycles. The van der Waals surface area contributed by atoms with Gasteiger partial charge in [-0.05, 0) is 12.5 Å². The number of aromatic nitrogens is 7. The molecule has 0 unspecified atom stereocenters. The van der Waals surface area contributed by atoms with E-state index < -0.39 is 5.69 Å². The monoisotopic (exact) mass is 365 g/mol. The highest BCUT2D eigenvalue weighted by molar-refractivity contribution is 5.75. The first kappa shape index (κ1) is 17.0. The zero-order valence-electron chi connectivity index (χ0n) is 15.5. The number of rotatable bonds is 3. The Kier molecular flexibility index (Phi) is 3.79. The molecule has 0 aliphatic heterocycles. The van der Waals surface area contributed by atoms with Crippen molar-refractivity contribution in [3.05, 3.63) is 62.4 Å². The zero-order chi connectivity index (χ0) is 19.3. The predicted octanol–water partition coefficient (Wildman–Crippen LogP) is 0.586. The smallest absolute Gasteiger partial charge is 0.320 e. The molecule has 0 bridgehead atoms. The van der Waals surface area contributed by atoms with Crippen molar-refractivity contribution in [3.8, 4) is 11.5 Å². The number of hydrogen-bond acceptors (Lipinski definition) is 5. The van der Waals surface area contributed by atoms with Gasteiger partial charge in [0.25, 0.3) is 5.56 Å². The lowest BCUT2D eigenvalue weighted by Crippen LogP contribution is -2.37. The molecule has 138 valence electrons. The average molecular weight is 365 g/mol. The van der Waals surface area contributed by atoms with Crippen molar-refractivity contribution in [1.82, 2.24) is 33.7 Å². The van der Waals surface area contributed by atoms with Gasteiger partial charge in [-0.3, -0.25) is 13.9 Å². The molecule has 0 atom stereocenters. The van der Waals surface area contributed by atoms with Crippen LogP contribution in [-0.4, -0.2) is 33.7 Å². The van der Waals surface area contributed by atoms with Gasteiger partial charge in [-0.15, -0.1) is 5.10 Å². The SMILES string of the molecule is Cc1cccc(Cn2cc(-c3nc4c(c(=O)n(C)c(=O)n4C)n3C)nn2)c1. The van der Waals surface area contributed by atoms with E-state index in [1.54, 1.807) is 29.5 Å². The van der Waals surface area contributed by atoms with E-state index in [-0.39, 0.29) is 5.56 Å². The van der Waals surface area contributed by atoms with Crippen LogP contribution in [0.2, 0.25) is 0 Å². The maximum absolute atomic E-state index is 12.5. The second-order valence-corrected chi connectivity index (χ2v) is 6.66. The van der Waals surface area contributed by atoms with Crippen molar-refractivity contribution >= 4 is 11.2 Å². The molecule has 0 amide bonds. The van der Waals surface area contributed by atoms with Crippen molar-refractivity contribution in [1.29, 1.82) is 0 Å². The standard InChI is InChI=1S/C18H19N7O2/c1-11-6-5-7-12(8-11)9-25-10-13(20-21-25)15-19-16-14(22(15)2)17(26)24(4)18(27)23(16)3/h5-8,10H,9H2,1-4H3. The molecule has 1 aromatic carbocycles. The van der Waals surface area contributed by atoms with Crippen molar-refractivity contribution in [3.63, 3.8) is 0 Å². The van der Waals surface area contributed by atoms with Crippen molar-refractivity contribution in [2.75, 3.05) is 0 Å². The Morgan fingerprint density at radius 2 is 1.81 bits per heavy atom. The van der Waals surface area contributed by atoms with Gasteiger partial charge in [0.05, 0.1) is 12.7 Å². The van der Waals surface area contributed by atoms with Crippen LogP contribution in [0.15, 0.2) is 40.1 Å². The van der Waals surface area contributed by atoms with Crippen LogP contribution in [0.1, 0.15) is 11.1 Å². The van der Waals surface area contributed by atoms with Crippen LogP contribution in [0.4, 0.5) is 0 Å². The van der Waals surface area contributed by atoms with E-state index in [9.17, 15) is 9.59 Å². The number of nitrogens with zero attached hydrogens (tertiary/aromatic N) is 7. The highest BCUT2D eigenvalue weighted by Gasteiger charge is 2.19. The molecule has 4 aromatic rings. The highest BCUT2D eigenvalue weighted by Crippen LogP contribution is 2.19. The minimum Gasteiger partial charge on any atom is -0.320 e. The van der Waals surface area contributed by atoms with Crippen molar-refractivity contribution < 1.29 is 0 Å². The Morgan fingerprint density at radius 1 is 1.04 bits per heavy atom. The Hall–Kier alpha value is -3.49. The van der Waals surface area contributed by atoms with Gasteiger partial charge in [0.15, 0.2) is 17.0 Å². The Balaban J connectivity index is 1.80. The van der Waals surface area contributed by atoms with E-state index in [4.69, 9.17) is 0 Å². The molecule has 4 rings (SSSR count). The van der Waals surface area contributed by atoms with E-state index >= 15 is 0 Å². The Bertz CT molecular complexity index is 1290. The molecule has 0 fully saturated rings. The average Bonchev–Trinajstić information content (AvgIpc) is 3.22. The molecule has 3 heterocycles. The minimum atomic E-state index is -0.416. The van der Waals surface area contributed by atoms with E-state index in [2.05, 4.69) is 21.4 Å². The third kappa shape index (κ3) is 2.67. The van der Waals surface area contributed by atoms with Crippen LogP contribution in [-0.2, 0) is 27.7 Å². The molecule has 0 spiro atoms. The molecule has 9 heteroatoms. The molecule has 3 aromatic heterocycles. The summed E-state index contributed by atoms with van der Waals surface area (Å²) < 4.78 is 5.80. The third-order valence-electron chi connectivity index (χ3n) is 4.67. The first-order chi connectivity index (χ1) is 12.9. The van der Waals surface area contributed by atoms with Gasteiger partial charge in [-0.25, -0.2) is 14.5 Å². The summed E-state index contributed by atoms with van der Waals surface area (Å²) in [5.41, 5.74) is 2.71. The number of imidazole rings is 1. The van der Waals surface area contributed by atoms with Crippen LogP contribution in [0.3, 0.4) is 0 Å². The summed E-state index contributed by atoms with van der Waals surface area (Å²) in [6, 6.07) is 8.17. The van der Waals surface area contributed by atoms with Crippen LogP contribution in [0, 0.1) is 6.92 Å². The lowest BCUT2D eigenvalue weighted by molar-refractivity contribution is 0.649. The van der Waals surface area contributed by atoms with E-state index in [1.165, 1.54) is 17.2 Å². The summed E-state index contributed by atoms with van der Waals surface area (Å²) in [6.45, 7) is 2.62. The van der Waals surface area contributed by atoms with E-state index in [0.29, 0.717) is 29.2 Å². The van der Waals surface area contributed by atoms with Crippen molar-refractivity contribution in [2.24, 2.45) is 21.1 Å². The maximum atomic E-state index is 12.5. The van der Waals surface area contributed by atoms with Crippen molar-refractivity contribution in [2.45, 2.75) is 13.5 Å². The molecule has 0 saturated carbocycles. The number of aryl methyl sites for hydroxylation is 3. The van der Waals surface area contributed by atoms with Gasteiger partial charge in [-0.1, -0.05) is 35.0 Å². The fourth-order valence-corrected chi connectivity index (χ4v) is 3.22. The molecular weight excluding hydrogens is 346 g/mol. The Morgan fingerprint density at radius 3 is 2.56 bits per heavy atom. The molecule has 0 N–H and O–H groups in total. The third-order valence-corrected chi connectivity index (χ3v) is 4.67. The number of fused-ring (bicyclic) bond motifs is 1. The molecular formula is C18H19N7O2. The highest BCUT2D eigenvalue weighted by atomic mass is 16.2. The summed E-state index contributed by atoms with van der Waals surface area (Å²) in [6.07, 6.45) is 1.78. The summed E-state index contributed by atoms with van der Waals surface area (Å²) in [7, 11) is 4.78. The number of hydrogen-bond donors (Lipinski definition) is 0. The fraction of sp³-hybridized carbons (Fsp3) is 0.278. The molecule has 9 nitrogen and oxygen atoms in total. The lowest BCUT2D eigenvalue weighted by Gasteiger charge is -2.03. The maximum Gasteiger partial charge on any atom is 0.332 e. The summed E-state index contributed by atoms with van der Waals surface area (Å²) >= 11 is 0.